The molecule has 2 atom stereocenters. The van der Waals surface area contributed by atoms with Crippen LogP contribution in [0.25, 0.3) is 0 Å². The highest BCUT2D eigenvalue weighted by atomic mass is 31.2. The van der Waals surface area contributed by atoms with Crippen LogP contribution in [0.3, 0.4) is 0 Å². The van der Waals surface area contributed by atoms with Crippen LogP contribution in [0.5, 0.6) is 0 Å². The molecule has 1 N–H and O–H groups in total. The van der Waals surface area contributed by atoms with E-state index in [4.69, 9.17) is 4.52 Å². The Bertz CT molecular complexity index is 228. The number of hydrogen-bond acceptors (Lipinski definition) is 2. The van der Waals surface area contributed by atoms with E-state index in [1.807, 2.05) is 0 Å². The zero-order valence-corrected chi connectivity index (χ0v) is 8.54. The zero-order valence-electron chi connectivity index (χ0n) is 7.65. The summed E-state index contributed by atoms with van der Waals surface area (Å²) in [6, 6.07) is 0. The first-order chi connectivity index (χ1) is 5.37. The third kappa shape index (κ3) is 5.30. The first-order valence-corrected chi connectivity index (χ1v) is 5.31. The Morgan fingerprint density at radius 3 is 2.50 bits per heavy atom. The Labute approximate surface area is 73.3 Å². The summed E-state index contributed by atoms with van der Waals surface area (Å²) in [6.45, 7) is 8.59. The van der Waals surface area contributed by atoms with Crippen molar-refractivity contribution in [2.75, 3.05) is 0 Å². The minimum atomic E-state index is -3.55. The van der Waals surface area contributed by atoms with Crippen molar-refractivity contribution >= 4 is 7.60 Å². The van der Waals surface area contributed by atoms with Gasteiger partial charge in [-0.3, -0.25) is 9.09 Å². The summed E-state index contributed by atoms with van der Waals surface area (Å²) < 4.78 is 16.0. The number of hydrogen-bond donors (Lipinski definition) is 1. The fraction of sp³-hybridized carbons (Fsp3) is 0.500. The highest BCUT2D eigenvalue weighted by molar-refractivity contribution is 7.56. The molecule has 0 fully saturated rings. The molecule has 0 aromatic rings. The molecule has 3 nitrogen and oxygen atoms in total. The lowest BCUT2D eigenvalue weighted by Crippen LogP contribution is -2.00. The minimum absolute atomic E-state index is 0.406. The van der Waals surface area contributed by atoms with E-state index in [2.05, 4.69) is 6.58 Å². The summed E-state index contributed by atoms with van der Waals surface area (Å²) >= 11 is 0. The fourth-order valence-corrected chi connectivity index (χ4v) is 1.91. The Balaban J connectivity index is 4.33. The van der Waals surface area contributed by atoms with Crippen LogP contribution in [0.4, 0.5) is 0 Å². The van der Waals surface area contributed by atoms with Crippen molar-refractivity contribution in [1.82, 2.24) is 0 Å². The summed E-state index contributed by atoms with van der Waals surface area (Å²) in [5, 5.41) is 0. The lowest BCUT2D eigenvalue weighted by atomic mass is 10.4. The minimum Gasteiger partial charge on any atom is -0.321 e. The van der Waals surface area contributed by atoms with Gasteiger partial charge >= 0.3 is 7.60 Å². The quantitative estimate of drug-likeness (QED) is 0.547. The van der Waals surface area contributed by atoms with Crippen molar-refractivity contribution in [1.29, 1.82) is 0 Å². The van der Waals surface area contributed by atoms with Gasteiger partial charge in [0.05, 0.1) is 6.10 Å². The predicted molar refractivity (Wildman–Crippen MR) is 50.0 cm³/mol. The lowest BCUT2D eigenvalue weighted by Gasteiger charge is -2.11. The van der Waals surface area contributed by atoms with Crippen LogP contribution in [-0.4, -0.2) is 11.0 Å². The summed E-state index contributed by atoms with van der Waals surface area (Å²) in [6.07, 6.45) is 1.07. The second-order valence-electron chi connectivity index (χ2n) is 2.82. The van der Waals surface area contributed by atoms with Gasteiger partial charge in [-0.2, -0.15) is 0 Å². The number of rotatable bonds is 4. The van der Waals surface area contributed by atoms with E-state index < -0.39 is 13.7 Å². The van der Waals surface area contributed by atoms with E-state index in [1.165, 1.54) is 11.9 Å². The molecular formula is C8H15O3P. The molecule has 0 amide bonds. The van der Waals surface area contributed by atoms with Crippen LogP contribution in [0.2, 0.25) is 0 Å². The second-order valence-corrected chi connectivity index (χ2v) is 4.41. The molecule has 0 aromatic heterocycles. The monoisotopic (exact) mass is 190 g/mol. The van der Waals surface area contributed by atoms with Crippen molar-refractivity contribution in [3.8, 4) is 0 Å². The Kier molecular flexibility index (Phi) is 4.46. The zero-order chi connectivity index (χ0) is 9.78. The van der Waals surface area contributed by atoms with E-state index >= 15 is 0 Å². The molecule has 0 aliphatic heterocycles. The molecule has 0 saturated heterocycles. The van der Waals surface area contributed by atoms with Crippen molar-refractivity contribution in [3.05, 3.63) is 24.0 Å². The predicted octanol–water partition coefficient (Wildman–Crippen LogP) is 2.69. The van der Waals surface area contributed by atoms with Gasteiger partial charge in [0.1, 0.15) is 0 Å². The van der Waals surface area contributed by atoms with Gasteiger partial charge in [-0.05, 0) is 20.8 Å². The molecule has 4 heteroatoms. The van der Waals surface area contributed by atoms with Crippen LogP contribution >= 0.6 is 7.60 Å². The topological polar surface area (TPSA) is 46.5 Å². The van der Waals surface area contributed by atoms with E-state index in [0.29, 0.717) is 0 Å². The molecule has 0 saturated carbocycles. The van der Waals surface area contributed by atoms with E-state index in [9.17, 15) is 9.46 Å². The lowest BCUT2D eigenvalue weighted by molar-refractivity contribution is 0.233. The van der Waals surface area contributed by atoms with Gasteiger partial charge in [0.2, 0.25) is 0 Å². The van der Waals surface area contributed by atoms with Gasteiger partial charge in [0.15, 0.2) is 0 Å². The first-order valence-electron chi connectivity index (χ1n) is 3.67. The average Bonchev–Trinajstić information content (AvgIpc) is 1.83. The maximum atomic E-state index is 11.2. The van der Waals surface area contributed by atoms with E-state index in [0.717, 1.165) is 5.57 Å². The molecule has 12 heavy (non-hydrogen) atoms. The summed E-state index contributed by atoms with van der Waals surface area (Å²) in [7, 11) is -3.55. The highest BCUT2D eigenvalue weighted by Gasteiger charge is 2.17. The van der Waals surface area contributed by atoms with Crippen molar-refractivity contribution in [2.24, 2.45) is 0 Å². The van der Waals surface area contributed by atoms with Gasteiger partial charge < -0.3 is 4.89 Å². The smallest absolute Gasteiger partial charge is 0.321 e. The van der Waals surface area contributed by atoms with E-state index in [-0.39, 0.29) is 0 Å². The SMILES string of the molecule is C=CC(C)OP(=O)(O)C=C(C)C. The Morgan fingerprint density at radius 1 is 1.67 bits per heavy atom. The maximum absolute atomic E-state index is 11.2. The van der Waals surface area contributed by atoms with Gasteiger partial charge in [-0.15, -0.1) is 6.58 Å². The van der Waals surface area contributed by atoms with Crippen molar-refractivity contribution in [3.63, 3.8) is 0 Å². The third-order valence-corrected chi connectivity index (χ3v) is 2.55. The van der Waals surface area contributed by atoms with Gasteiger partial charge in [0, 0.05) is 5.82 Å². The maximum Gasteiger partial charge on any atom is 0.352 e. The van der Waals surface area contributed by atoms with E-state index in [1.54, 1.807) is 20.8 Å². The normalized spacial score (nSPS) is 17.7. The molecule has 0 aliphatic rings. The summed E-state index contributed by atoms with van der Waals surface area (Å²) in [5.74, 6) is 1.23. The van der Waals surface area contributed by atoms with Crippen LogP contribution in [0, 0.1) is 0 Å². The molecule has 70 valence electrons. The average molecular weight is 190 g/mol. The fourth-order valence-electron chi connectivity index (χ4n) is 0.638. The van der Waals surface area contributed by atoms with Crippen molar-refractivity contribution in [2.45, 2.75) is 26.9 Å². The van der Waals surface area contributed by atoms with Crippen LogP contribution in [-0.2, 0) is 9.09 Å². The molecule has 0 radical (unpaired) electrons. The molecule has 0 bridgehead atoms. The van der Waals surface area contributed by atoms with Gasteiger partial charge in [-0.1, -0.05) is 11.6 Å². The molecule has 0 rings (SSSR count). The first kappa shape index (κ1) is 11.6. The standard InChI is InChI=1S/C8H15O3P/c1-5-8(4)11-12(9,10)6-7(2)3/h5-6,8H,1H2,2-4H3,(H,9,10). The van der Waals surface area contributed by atoms with Gasteiger partial charge in [0.25, 0.3) is 0 Å². The molecule has 0 aliphatic carbocycles. The second kappa shape index (κ2) is 4.61. The Hall–Kier alpha value is -0.370. The molecule has 2 unspecified atom stereocenters. The van der Waals surface area contributed by atoms with Crippen molar-refractivity contribution < 1.29 is 14.0 Å². The van der Waals surface area contributed by atoms with Gasteiger partial charge in [-0.25, -0.2) is 0 Å². The Morgan fingerprint density at radius 2 is 2.17 bits per heavy atom. The van der Waals surface area contributed by atoms with Crippen LogP contribution in [0.15, 0.2) is 24.0 Å². The molecule has 0 heterocycles. The third-order valence-electron chi connectivity index (χ3n) is 1.07. The summed E-state index contributed by atoms with van der Waals surface area (Å²) in [4.78, 5) is 9.20. The van der Waals surface area contributed by atoms with Crippen LogP contribution in [0.1, 0.15) is 20.8 Å². The summed E-state index contributed by atoms with van der Waals surface area (Å²) in [5.41, 5.74) is 0.761. The molecule has 0 spiro atoms. The number of allylic oxidation sites excluding steroid dienone is 1. The highest BCUT2D eigenvalue weighted by Crippen LogP contribution is 2.45. The largest absolute Gasteiger partial charge is 0.352 e. The molecular weight excluding hydrogens is 175 g/mol. The van der Waals surface area contributed by atoms with Crippen LogP contribution < -0.4 is 0 Å². The molecule has 0 aromatic carbocycles.